The van der Waals surface area contributed by atoms with Crippen LogP contribution in [0.2, 0.25) is 0 Å². The summed E-state index contributed by atoms with van der Waals surface area (Å²) in [5.74, 6) is 0. The van der Waals surface area contributed by atoms with E-state index in [4.69, 9.17) is 0 Å². The van der Waals surface area contributed by atoms with E-state index in [-0.39, 0.29) is 0 Å². The van der Waals surface area contributed by atoms with Crippen molar-refractivity contribution in [3.05, 3.63) is 12.7 Å². The highest BCUT2D eigenvalue weighted by molar-refractivity contribution is 4.68. The van der Waals surface area contributed by atoms with Crippen LogP contribution in [-0.4, -0.2) is 18.9 Å². The molecule has 0 aromatic carbocycles. The highest BCUT2D eigenvalue weighted by Gasteiger charge is 2.44. The predicted molar refractivity (Wildman–Crippen MR) is 31.8 cm³/mol. The van der Waals surface area contributed by atoms with Gasteiger partial charge in [0.1, 0.15) is 6.42 Å². The second-order valence-corrected chi connectivity index (χ2v) is 2.03. The van der Waals surface area contributed by atoms with Crippen molar-refractivity contribution in [1.82, 2.24) is 0 Å². The topological polar surface area (TPSA) is 9.23 Å². The molecule has 0 saturated heterocycles. The molecule has 1 nitrogen and oxygen atoms in total. The number of hydrogen-bond donors (Lipinski definition) is 0. The lowest BCUT2D eigenvalue weighted by atomic mass is 10.4. The number of halogens is 5. The summed E-state index contributed by atoms with van der Waals surface area (Å²) in [6.07, 6.45) is -10.4. The van der Waals surface area contributed by atoms with Crippen LogP contribution in [0.15, 0.2) is 12.7 Å². The Balaban J connectivity index is 3.94. The van der Waals surface area contributed by atoms with Crippen molar-refractivity contribution in [2.45, 2.75) is 18.7 Å². The van der Waals surface area contributed by atoms with Gasteiger partial charge in [0.25, 0.3) is 0 Å². The zero-order valence-electron chi connectivity index (χ0n) is 6.00. The van der Waals surface area contributed by atoms with Crippen LogP contribution in [0.4, 0.5) is 22.0 Å². The maximum atomic E-state index is 12.1. The van der Waals surface area contributed by atoms with Crippen molar-refractivity contribution in [3.8, 4) is 0 Å². The molecule has 12 heavy (non-hydrogen) atoms. The van der Waals surface area contributed by atoms with Crippen LogP contribution in [0.25, 0.3) is 0 Å². The van der Waals surface area contributed by atoms with Crippen molar-refractivity contribution in [2.24, 2.45) is 0 Å². The molecule has 0 amide bonds. The van der Waals surface area contributed by atoms with Gasteiger partial charge in [-0.1, -0.05) is 6.08 Å². The van der Waals surface area contributed by atoms with E-state index in [0.29, 0.717) is 0 Å². The Hall–Kier alpha value is -0.650. The molecule has 0 heterocycles. The molecule has 0 atom stereocenters. The van der Waals surface area contributed by atoms with E-state index in [1.165, 1.54) is 0 Å². The molecule has 72 valence electrons. The van der Waals surface area contributed by atoms with Crippen LogP contribution >= 0.6 is 0 Å². The minimum atomic E-state index is -4.93. The van der Waals surface area contributed by atoms with Gasteiger partial charge in [-0.15, -0.1) is 6.58 Å². The molecule has 0 aromatic heterocycles. The van der Waals surface area contributed by atoms with E-state index < -0.39 is 25.3 Å². The standard InChI is InChI=1S/C6H7F5O/c1-2-3-12-6(10,11)4-5(7,8)9/h2H,1,3-4H2. The van der Waals surface area contributed by atoms with Gasteiger partial charge in [0, 0.05) is 0 Å². The number of hydrogen-bond acceptors (Lipinski definition) is 1. The Labute approximate surface area is 65.8 Å². The second-order valence-electron chi connectivity index (χ2n) is 2.03. The third kappa shape index (κ3) is 6.09. The van der Waals surface area contributed by atoms with Gasteiger partial charge in [-0.25, -0.2) is 0 Å². The monoisotopic (exact) mass is 190 g/mol. The Kier molecular flexibility index (Phi) is 3.63. The van der Waals surface area contributed by atoms with Crippen LogP contribution in [0.5, 0.6) is 0 Å². The third-order valence-electron chi connectivity index (χ3n) is 0.819. The van der Waals surface area contributed by atoms with E-state index in [1.807, 2.05) is 0 Å². The van der Waals surface area contributed by atoms with Gasteiger partial charge >= 0.3 is 12.3 Å². The van der Waals surface area contributed by atoms with Crippen LogP contribution in [-0.2, 0) is 4.74 Å². The van der Waals surface area contributed by atoms with Crippen LogP contribution < -0.4 is 0 Å². The van der Waals surface area contributed by atoms with Crippen molar-refractivity contribution in [3.63, 3.8) is 0 Å². The lowest BCUT2D eigenvalue weighted by molar-refractivity contribution is -0.288. The predicted octanol–water partition coefficient (Wildman–Crippen LogP) is 2.73. The van der Waals surface area contributed by atoms with E-state index >= 15 is 0 Å². The van der Waals surface area contributed by atoms with E-state index in [9.17, 15) is 22.0 Å². The highest BCUT2D eigenvalue weighted by Crippen LogP contribution is 2.32. The summed E-state index contributed by atoms with van der Waals surface area (Å²) in [6, 6.07) is 0. The van der Waals surface area contributed by atoms with Crippen molar-refractivity contribution in [2.75, 3.05) is 6.61 Å². The molecule has 0 aliphatic heterocycles. The molecular weight excluding hydrogens is 183 g/mol. The Morgan fingerprint density at radius 1 is 1.17 bits per heavy atom. The highest BCUT2D eigenvalue weighted by atomic mass is 19.4. The largest absolute Gasteiger partial charge is 0.397 e. The minimum Gasteiger partial charge on any atom is -0.316 e. The first-order valence-electron chi connectivity index (χ1n) is 2.96. The first-order valence-corrected chi connectivity index (χ1v) is 2.96. The Bertz CT molecular complexity index is 151. The maximum Gasteiger partial charge on any atom is 0.397 e. The molecule has 0 saturated carbocycles. The van der Waals surface area contributed by atoms with Gasteiger partial charge in [-0.3, -0.25) is 0 Å². The molecule has 0 fully saturated rings. The van der Waals surface area contributed by atoms with Gasteiger partial charge in [-0.05, 0) is 0 Å². The fourth-order valence-corrected chi connectivity index (χ4v) is 0.465. The number of rotatable bonds is 4. The first kappa shape index (κ1) is 11.4. The summed E-state index contributed by atoms with van der Waals surface area (Å²) in [5, 5.41) is 0. The molecule has 0 unspecified atom stereocenters. The Morgan fingerprint density at radius 3 is 2.00 bits per heavy atom. The second kappa shape index (κ2) is 3.84. The molecule has 0 aromatic rings. The fourth-order valence-electron chi connectivity index (χ4n) is 0.465. The molecule has 0 spiro atoms. The summed E-state index contributed by atoms with van der Waals surface area (Å²) in [5.41, 5.74) is 0. The van der Waals surface area contributed by atoms with Crippen LogP contribution in [0.3, 0.4) is 0 Å². The summed E-state index contributed by atoms with van der Waals surface area (Å²) < 4.78 is 62.0. The SMILES string of the molecule is C=CCOC(F)(F)CC(F)(F)F. The van der Waals surface area contributed by atoms with Crippen molar-refractivity contribution < 1.29 is 26.7 Å². The fraction of sp³-hybridized carbons (Fsp3) is 0.667. The van der Waals surface area contributed by atoms with Gasteiger partial charge in [0.2, 0.25) is 0 Å². The molecule has 0 rings (SSSR count). The number of alkyl halides is 5. The summed E-state index contributed by atoms with van der Waals surface area (Å²) in [4.78, 5) is 0. The first-order chi connectivity index (χ1) is 5.27. The van der Waals surface area contributed by atoms with E-state index in [2.05, 4.69) is 11.3 Å². The third-order valence-corrected chi connectivity index (χ3v) is 0.819. The molecule has 6 heteroatoms. The average molecular weight is 190 g/mol. The van der Waals surface area contributed by atoms with Crippen molar-refractivity contribution >= 4 is 0 Å². The maximum absolute atomic E-state index is 12.1. The van der Waals surface area contributed by atoms with Gasteiger partial charge < -0.3 is 4.74 Å². The van der Waals surface area contributed by atoms with Crippen LogP contribution in [0, 0.1) is 0 Å². The van der Waals surface area contributed by atoms with Gasteiger partial charge in [0.05, 0.1) is 6.61 Å². The lowest BCUT2D eigenvalue weighted by Gasteiger charge is -2.17. The zero-order valence-corrected chi connectivity index (χ0v) is 6.00. The summed E-state index contributed by atoms with van der Waals surface area (Å²) in [6.45, 7) is 2.41. The number of ether oxygens (including phenoxy) is 1. The van der Waals surface area contributed by atoms with Crippen LogP contribution in [0.1, 0.15) is 6.42 Å². The zero-order chi connectivity index (χ0) is 9.83. The normalized spacial score (nSPS) is 13.1. The van der Waals surface area contributed by atoms with E-state index in [1.54, 1.807) is 0 Å². The average Bonchev–Trinajstić information content (AvgIpc) is 1.78. The molecular formula is C6H7F5O. The minimum absolute atomic E-state index is 0.608. The lowest BCUT2D eigenvalue weighted by Crippen LogP contribution is -2.28. The molecule has 0 radical (unpaired) electrons. The van der Waals surface area contributed by atoms with Crippen molar-refractivity contribution in [1.29, 1.82) is 0 Å². The summed E-state index contributed by atoms with van der Waals surface area (Å²) in [7, 11) is 0. The Morgan fingerprint density at radius 2 is 1.67 bits per heavy atom. The van der Waals surface area contributed by atoms with E-state index in [0.717, 1.165) is 6.08 Å². The quantitative estimate of drug-likeness (QED) is 0.489. The smallest absolute Gasteiger partial charge is 0.316 e. The molecule has 0 aliphatic rings. The van der Waals surface area contributed by atoms with Gasteiger partial charge in [0.15, 0.2) is 0 Å². The molecule has 0 bridgehead atoms. The summed E-state index contributed by atoms with van der Waals surface area (Å²) >= 11 is 0. The molecule has 0 N–H and O–H groups in total. The van der Waals surface area contributed by atoms with Gasteiger partial charge in [-0.2, -0.15) is 22.0 Å². The molecule has 0 aliphatic carbocycles.